The van der Waals surface area contributed by atoms with Crippen molar-refractivity contribution in [1.29, 1.82) is 0 Å². The van der Waals surface area contributed by atoms with Gasteiger partial charge in [-0.3, -0.25) is 4.79 Å². The van der Waals surface area contributed by atoms with Crippen molar-refractivity contribution in [2.45, 2.75) is 6.92 Å². The van der Waals surface area contributed by atoms with Gasteiger partial charge in [-0.25, -0.2) is 5.43 Å². The smallest absolute Gasteiger partial charge is 0.273 e. The Labute approximate surface area is 87.5 Å². The van der Waals surface area contributed by atoms with Gasteiger partial charge in [0, 0.05) is 5.69 Å². The minimum absolute atomic E-state index is 0.184. The predicted molar refractivity (Wildman–Crippen MR) is 60.1 cm³/mol. The maximum absolute atomic E-state index is 11.4. The van der Waals surface area contributed by atoms with Crippen molar-refractivity contribution >= 4 is 23.4 Å². The first-order chi connectivity index (χ1) is 7.18. The summed E-state index contributed by atoms with van der Waals surface area (Å²) in [6.45, 7) is 1.78. The van der Waals surface area contributed by atoms with Crippen LogP contribution in [0.2, 0.25) is 0 Å². The molecule has 0 bridgehead atoms. The van der Waals surface area contributed by atoms with E-state index in [1.54, 1.807) is 19.1 Å². The highest BCUT2D eigenvalue weighted by Crippen LogP contribution is 2.17. The van der Waals surface area contributed by atoms with Crippen molar-refractivity contribution in [3.05, 3.63) is 35.4 Å². The van der Waals surface area contributed by atoms with Gasteiger partial charge in [-0.05, 0) is 24.6 Å². The number of nitrogens with two attached hydrogens (primary N) is 1. The number of nitrogens with zero attached hydrogens (tertiary/aromatic N) is 1. The molecule has 15 heavy (non-hydrogen) atoms. The predicted octanol–water partition coefficient (Wildman–Crippen LogP) is 1.16. The van der Waals surface area contributed by atoms with Crippen molar-refractivity contribution in [2.24, 2.45) is 5.10 Å². The van der Waals surface area contributed by atoms with Crippen molar-refractivity contribution < 1.29 is 4.79 Å². The Bertz CT molecular complexity index is 474. The van der Waals surface area contributed by atoms with E-state index in [2.05, 4.69) is 10.5 Å². The molecule has 0 saturated carbocycles. The maximum atomic E-state index is 11.4. The molecular formula is C11H11N3O. The quantitative estimate of drug-likeness (QED) is 0.528. The number of nitrogen functional groups attached to an aromatic ring is 1. The molecule has 1 aliphatic rings. The fraction of sp³-hybridized carbons (Fsp3) is 0.0909. The number of carbonyl (C=O) groups is 1. The summed E-state index contributed by atoms with van der Waals surface area (Å²) in [7, 11) is 0. The number of carbonyl (C=O) groups excluding carboxylic acids is 1. The fourth-order valence-corrected chi connectivity index (χ4v) is 1.39. The van der Waals surface area contributed by atoms with Gasteiger partial charge in [0.2, 0.25) is 0 Å². The van der Waals surface area contributed by atoms with Gasteiger partial charge in [0.15, 0.2) is 0 Å². The third-order valence-electron chi connectivity index (χ3n) is 2.26. The zero-order valence-electron chi connectivity index (χ0n) is 8.32. The normalized spacial score (nSPS) is 17.8. The van der Waals surface area contributed by atoms with Crippen LogP contribution in [0.5, 0.6) is 0 Å². The lowest BCUT2D eigenvalue weighted by molar-refractivity contribution is -0.116. The summed E-state index contributed by atoms with van der Waals surface area (Å²) in [6, 6.07) is 7.39. The standard InChI is InChI=1S/C11H11N3O/c1-7-9(11(15)14-13-7)6-8-4-2-3-5-10(8)12/h2-6H,12H2,1H3,(H,14,15)/b9-6-. The van der Waals surface area contributed by atoms with Crippen LogP contribution in [0.4, 0.5) is 5.69 Å². The van der Waals surface area contributed by atoms with Gasteiger partial charge >= 0.3 is 0 Å². The molecule has 0 fully saturated rings. The van der Waals surface area contributed by atoms with E-state index in [1.165, 1.54) is 0 Å². The minimum Gasteiger partial charge on any atom is -0.398 e. The van der Waals surface area contributed by atoms with E-state index in [0.29, 0.717) is 17.0 Å². The van der Waals surface area contributed by atoms with Gasteiger partial charge in [0.1, 0.15) is 0 Å². The summed E-state index contributed by atoms with van der Waals surface area (Å²) in [6.07, 6.45) is 1.75. The Morgan fingerprint density at radius 2 is 2.13 bits per heavy atom. The molecule has 3 N–H and O–H groups in total. The Balaban J connectivity index is 2.43. The van der Waals surface area contributed by atoms with E-state index in [-0.39, 0.29) is 5.91 Å². The van der Waals surface area contributed by atoms with Crippen LogP contribution in [-0.2, 0) is 4.79 Å². The van der Waals surface area contributed by atoms with E-state index in [0.717, 1.165) is 5.56 Å². The number of amides is 1. The number of hydrogen-bond donors (Lipinski definition) is 2. The largest absolute Gasteiger partial charge is 0.398 e. The number of anilines is 1. The topological polar surface area (TPSA) is 67.5 Å². The summed E-state index contributed by atoms with van der Waals surface area (Å²) in [5, 5.41) is 3.83. The fourth-order valence-electron chi connectivity index (χ4n) is 1.39. The van der Waals surface area contributed by atoms with Crippen LogP contribution >= 0.6 is 0 Å². The summed E-state index contributed by atoms with van der Waals surface area (Å²) in [5.74, 6) is -0.184. The lowest BCUT2D eigenvalue weighted by Gasteiger charge is -2.00. The molecule has 1 aromatic rings. The molecule has 0 aliphatic carbocycles. The van der Waals surface area contributed by atoms with Crippen LogP contribution < -0.4 is 11.2 Å². The molecule has 0 radical (unpaired) electrons. The average Bonchev–Trinajstić information content (AvgIpc) is 2.53. The first kappa shape index (κ1) is 9.45. The van der Waals surface area contributed by atoms with E-state index in [4.69, 9.17) is 5.73 Å². The molecule has 0 atom stereocenters. The molecule has 1 aliphatic heterocycles. The SMILES string of the molecule is CC1=NNC(=O)/C1=C\c1ccccc1N. The first-order valence-corrected chi connectivity index (χ1v) is 4.59. The first-order valence-electron chi connectivity index (χ1n) is 4.59. The number of hydrogen-bond acceptors (Lipinski definition) is 3. The number of rotatable bonds is 1. The van der Waals surface area contributed by atoms with Gasteiger partial charge in [-0.15, -0.1) is 0 Å². The monoisotopic (exact) mass is 201 g/mol. The zero-order chi connectivity index (χ0) is 10.8. The molecule has 4 heteroatoms. The lowest BCUT2D eigenvalue weighted by atomic mass is 10.1. The molecule has 1 amide bonds. The van der Waals surface area contributed by atoms with E-state index in [9.17, 15) is 4.79 Å². The Morgan fingerprint density at radius 1 is 1.40 bits per heavy atom. The number of benzene rings is 1. The van der Waals surface area contributed by atoms with Crippen LogP contribution in [0.25, 0.3) is 6.08 Å². The third-order valence-corrected chi connectivity index (χ3v) is 2.26. The van der Waals surface area contributed by atoms with Crippen LogP contribution in [0.15, 0.2) is 34.9 Å². The van der Waals surface area contributed by atoms with E-state index in [1.807, 2.05) is 18.2 Å². The summed E-state index contributed by atoms with van der Waals surface area (Å²) >= 11 is 0. The zero-order valence-corrected chi connectivity index (χ0v) is 8.32. The number of para-hydroxylation sites is 1. The van der Waals surface area contributed by atoms with Crippen molar-refractivity contribution in [3.8, 4) is 0 Å². The second-order valence-corrected chi connectivity index (χ2v) is 3.33. The molecule has 4 nitrogen and oxygen atoms in total. The molecule has 0 aromatic heterocycles. The molecular weight excluding hydrogens is 190 g/mol. The average molecular weight is 201 g/mol. The Morgan fingerprint density at radius 3 is 2.73 bits per heavy atom. The van der Waals surface area contributed by atoms with Gasteiger partial charge in [-0.1, -0.05) is 18.2 Å². The van der Waals surface area contributed by atoms with Crippen molar-refractivity contribution in [1.82, 2.24) is 5.43 Å². The van der Waals surface area contributed by atoms with Gasteiger partial charge in [-0.2, -0.15) is 5.10 Å². The lowest BCUT2D eigenvalue weighted by Crippen LogP contribution is -2.12. The third kappa shape index (κ3) is 1.74. The number of hydrazone groups is 1. The van der Waals surface area contributed by atoms with Gasteiger partial charge < -0.3 is 5.73 Å². The van der Waals surface area contributed by atoms with Crippen LogP contribution in [0.1, 0.15) is 12.5 Å². The number of nitrogens with one attached hydrogen (secondary N) is 1. The van der Waals surface area contributed by atoms with Crippen LogP contribution in [0, 0.1) is 0 Å². The van der Waals surface area contributed by atoms with Crippen LogP contribution in [0.3, 0.4) is 0 Å². The molecule has 2 rings (SSSR count). The molecule has 1 heterocycles. The molecule has 0 saturated heterocycles. The molecule has 0 spiro atoms. The van der Waals surface area contributed by atoms with Crippen molar-refractivity contribution in [2.75, 3.05) is 5.73 Å². The Hall–Kier alpha value is -2.10. The molecule has 76 valence electrons. The maximum Gasteiger partial charge on any atom is 0.273 e. The second kappa shape index (κ2) is 3.57. The highest BCUT2D eigenvalue weighted by atomic mass is 16.2. The second-order valence-electron chi connectivity index (χ2n) is 3.33. The summed E-state index contributed by atoms with van der Waals surface area (Å²) in [5.41, 5.74) is 10.9. The van der Waals surface area contributed by atoms with Crippen molar-refractivity contribution in [3.63, 3.8) is 0 Å². The Kier molecular flexibility index (Phi) is 2.25. The summed E-state index contributed by atoms with van der Waals surface area (Å²) in [4.78, 5) is 11.4. The van der Waals surface area contributed by atoms with Gasteiger partial charge in [0.05, 0.1) is 11.3 Å². The van der Waals surface area contributed by atoms with Crippen LogP contribution in [-0.4, -0.2) is 11.6 Å². The molecule has 1 aromatic carbocycles. The highest BCUT2D eigenvalue weighted by Gasteiger charge is 2.18. The highest BCUT2D eigenvalue weighted by molar-refractivity contribution is 6.26. The molecule has 0 unspecified atom stereocenters. The van der Waals surface area contributed by atoms with E-state index < -0.39 is 0 Å². The minimum atomic E-state index is -0.184. The van der Waals surface area contributed by atoms with Gasteiger partial charge in [0.25, 0.3) is 5.91 Å². The summed E-state index contributed by atoms with van der Waals surface area (Å²) < 4.78 is 0. The van der Waals surface area contributed by atoms with E-state index >= 15 is 0 Å².